The van der Waals surface area contributed by atoms with Crippen molar-refractivity contribution >= 4 is 27.5 Å². The number of carbonyl (C=O) groups is 2. The molecule has 0 spiro atoms. The summed E-state index contributed by atoms with van der Waals surface area (Å²) in [6, 6.07) is 4.94. The van der Waals surface area contributed by atoms with E-state index in [4.69, 9.17) is 0 Å². The number of hydrogen-bond donors (Lipinski definition) is 1. The van der Waals surface area contributed by atoms with Gasteiger partial charge in [0.15, 0.2) is 0 Å². The topological polar surface area (TPSA) is 86.8 Å². The number of benzene rings is 1. The molecule has 174 valence electrons. The molecule has 1 N–H and O–H groups in total. The van der Waals surface area contributed by atoms with Crippen LogP contribution in [0.1, 0.15) is 46.1 Å². The van der Waals surface area contributed by atoms with Gasteiger partial charge in [-0.3, -0.25) is 9.59 Å². The molecular weight excluding hydrogens is 426 g/mol. The fourth-order valence-electron chi connectivity index (χ4n) is 5.43. The quantitative estimate of drug-likeness (QED) is 0.686. The van der Waals surface area contributed by atoms with E-state index in [-0.39, 0.29) is 28.7 Å². The number of amides is 2. The lowest BCUT2D eigenvalue weighted by Gasteiger charge is -2.52. The molecule has 2 heterocycles. The smallest absolute Gasteiger partial charge is 0.243 e. The fraction of sp³-hybridized carbons (Fsp3) is 0.583. The summed E-state index contributed by atoms with van der Waals surface area (Å²) in [5, 5.41) is 3.01. The van der Waals surface area contributed by atoms with Crippen molar-refractivity contribution < 1.29 is 18.0 Å². The largest absolute Gasteiger partial charge is 0.349 e. The molecule has 2 amide bonds. The van der Waals surface area contributed by atoms with E-state index in [1.807, 2.05) is 32.6 Å². The normalized spacial score (nSPS) is 22.9. The van der Waals surface area contributed by atoms with Crippen molar-refractivity contribution in [2.45, 2.75) is 57.9 Å². The summed E-state index contributed by atoms with van der Waals surface area (Å²) in [7, 11) is -3.73. The van der Waals surface area contributed by atoms with Gasteiger partial charge in [0.25, 0.3) is 0 Å². The number of anilines is 1. The van der Waals surface area contributed by atoms with Gasteiger partial charge < -0.3 is 10.2 Å². The van der Waals surface area contributed by atoms with E-state index in [2.05, 4.69) is 11.9 Å². The second kappa shape index (κ2) is 7.70. The molecule has 0 aromatic heterocycles. The van der Waals surface area contributed by atoms with Crippen molar-refractivity contribution in [2.24, 2.45) is 16.7 Å². The third-order valence-corrected chi connectivity index (χ3v) is 8.77. The molecule has 1 saturated carbocycles. The van der Waals surface area contributed by atoms with Gasteiger partial charge >= 0.3 is 0 Å². The zero-order chi connectivity index (χ0) is 23.5. The Morgan fingerprint density at radius 1 is 1.12 bits per heavy atom. The molecule has 1 aliphatic carbocycles. The minimum absolute atomic E-state index is 0.136. The van der Waals surface area contributed by atoms with Gasteiger partial charge in [-0.25, -0.2) is 8.42 Å². The average molecular weight is 460 g/mol. The van der Waals surface area contributed by atoms with Gasteiger partial charge in [-0.05, 0) is 59.9 Å². The molecule has 0 radical (unpaired) electrons. The Hall–Kier alpha value is -2.19. The van der Waals surface area contributed by atoms with Crippen LogP contribution >= 0.6 is 0 Å². The molecule has 2 aliphatic heterocycles. The van der Waals surface area contributed by atoms with Gasteiger partial charge in [0.05, 0.1) is 4.90 Å². The summed E-state index contributed by atoms with van der Waals surface area (Å²) in [5.74, 6) is 0.0413. The Morgan fingerprint density at radius 3 is 2.31 bits per heavy atom. The molecule has 3 aliphatic rings. The zero-order valence-corrected chi connectivity index (χ0v) is 20.2. The third kappa shape index (κ3) is 3.99. The SMILES string of the molecule is C=CC(=O)NC1C(C)(C)CN(S(=O)(=O)c2ccc3c(c2)CCN3C(=O)C2CC2)CC1(C)C. The Balaban J connectivity index is 1.60. The van der Waals surface area contributed by atoms with E-state index in [0.717, 1.165) is 24.1 Å². The van der Waals surface area contributed by atoms with Crippen LogP contribution in [0.4, 0.5) is 5.69 Å². The van der Waals surface area contributed by atoms with Crippen LogP contribution in [0.25, 0.3) is 0 Å². The molecule has 8 heteroatoms. The number of piperidine rings is 1. The monoisotopic (exact) mass is 459 g/mol. The van der Waals surface area contributed by atoms with Crippen molar-refractivity contribution in [3.63, 3.8) is 0 Å². The fourth-order valence-corrected chi connectivity index (χ4v) is 7.27. The van der Waals surface area contributed by atoms with Crippen LogP contribution < -0.4 is 10.2 Å². The van der Waals surface area contributed by atoms with E-state index < -0.39 is 20.9 Å². The molecule has 1 aromatic rings. The summed E-state index contributed by atoms with van der Waals surface area (Å²) in [5.41, 5.74) is 0.800. The van der Waals surface area contributed by atoms with Crippen molar-refractivity contribution in [3.05, 3.63) is 36.4 Å². The number of rotatable bonds is 5. The van der Waals surface area contributed by atoms with Crippen molar-refractivity contribution in [1.82, 2.24) is 9.62 Å². The van der Waals surface area contributed by atoms with E-state index in [0.29, 0.717) is 26.1 Å². The molecule has 1 aromatic carbocycles. The molecule has 0 bridgehead atoms. The zero-order valence-electron chi connectivity index (χ0n) is 19.3. The van der Waals surface area contributed by atoms with Crippen molar-refractivity contribution in [3.8, 4) is 0 Å². The van der Waals surface area contributed by atoms with E-state index in [1.165, 1.54) is 10.4 Å². The van der Waals surface area contributed by atoms with Gasteiger partial charge in [-0.1, -0.05) is 34.3 Å². The highest BCUT2D eigenvalue weighted by Crippen LogP contribution is 2.43. The molecular formula is C24H33N3O4S. The highest BCUT2D eigenvalue weighted by Gasteiger charge is 2.50. The molecule has 0 unspecified atom stereocenters. The van der Waals surface area contributed by atoms with Gasteiger partial charge in [0, 0.05) is 37.3 Å². The van der Waals surface area contributed by atoms with Crippen LogP contribution in [-0.4, -0.2) is 50.2 Å². The maximum atomic E-state index is 13.6. The maximum absolute atomic E-state index is 13.6. The van der Waals surface area contributed by atoms with E-state index in [1.54, 1.807) is 18.2 Å². The summed E-state index contributed by atoms with van der Waals surface area (Å²) < 4.78 is 28.8. The van der Waals surface area contributed by atoms with Crippen LogP contribution in [0.15, 0.2) is 35.7 Å². The summed E-state index contributed by atoms with van der Waals surface area (Å²) in [6.45, 7) is 12.7. The van der Waals surface area contributed by atoms with Crippen LogP contribution in [0.5, 0.6) is 0 Å². The summed E-state index contributed by atoms with van der Waals surface area (Å²) >= 11 is 0. The minimum Gasteiger partial charge on any atom is -0.349 e. The highest BCUT2D eigenvalue weighted by molar-refractivity contribution is 7.89. The maximum Gasteiger partial charge on any atom is 0.243 e. The van der Waals surface area contributed by atoms with E-state index in [9.17, 15) is 18.0 Å². The number of nitrogens with zero attached hydrogens (tertiary/aromatic N) is 2. The molecule has 1 saturated heterocycles. The lowest BCUT2D eigenvalue weighted by Crippen LogP contribution is -2.64. The standard InChI is InChI=1S/C24H33N3O4S/c1-6-20(28)25-22-23(2,3)14-26(15-24(22,4)5)32(30,31)18-9-10-19-17(13-18)11-12-27(19)21(29)16-7-8-16/h6,9-10,13,16,22H,1,7-8,11-12,14-15H2,2-5H3,(H,25,28). The Morgan fingerprint density at radius 2 is 1.75 bits per heavy atom. The molecule has 4 rings (SSSR count). The second-order valence-electron chi connectivity index (χ2n) is 10.7. The number of carbonyl (C=O) groups excluding carboxylic acids is 2. The predicted molar refractivity (Wildman–Crippen MR) is 124 cm³/mol. The lowest BCUT2D eigenvalue weighted by atomic mass is 9.67. The molecule has 0 atom stereocenters. The van der Waals surface area contributed by atoms with Crippen molar-refractivity contribution in [1.29, 1.82) is 0 Å². The van der Waals surface area contributed by atoms with Crippen LogP contribution in [0, 0.1) is 16.7 Å². The summed E-state index contributed by atoms with van der Waals surface area (Å²) in [4.78, 5) is 26.6. The predicted octanol–water partition coefficient (Wildman–Crippen LogP) is 2.71. The highest BCUT2D eigenvalue weighted by atomic mass is 32.2. The van der Waals surface area contributed by atoms with E-state index >= 15 is 0 Å². The number of fused-ring (bicyclic) bond motifs is 1. The Bertz CT molecular complexity index is 1050. The molecule has 2 fully saturated rings. The number of hydrogen-bond acceptors (Lipinski definition) is 4. The average Bonchev–Trinajstić information content (AvgIpc) is 3.48. The Labute approximate surface area is 190 Å². The van der Waals surface area contributed by atoms with Crippen molar-refractivity contribution in [2.75, 3.05) is 24.5 Å². The lowest BCUT2D eigenvalue weighted by molar-refractivity contribution is -0.120. The summed E-state index contributed by atoms with van der Waals surface area (Å²) in [6.07, 6.45) is 3.82. The van der Waals surface area contributed by atoms with Gasteiger partial charge in [0.1, 0.15) is 0 Å². The molecule has 32 heavy (non-hydrogen) atoms. The first kappa shape index (κ1) is 23.0. The first-order chi connectivity index (χ1) is 14.9. The number of sulfonamides is 1. The van der Waals surface area contributed by atoms with Crippen LogP contribution in [-0.2, 0) is 26.0 Å². The van der Waals surface area contributed by atoms with Crippen LogP contribution in [0.3, 0.4) is 0 Å². The third-order valence-electron chi connectivity index (χ3n) is 6.98. The second-order valence-corrected chi connectivity index (χ2v) is 12.6. The first-order valence-corrected chi connectivity index (χ1v) is 12.7. The van der Waals surface area contributed by atoms with Gasteiger partial charge in [0.2, 0.25) is 21.8 Å². The first-order valence-electron chi connectivity index (χ1n) is 11.2. The minimum atomic E-state index is -3.73. The van der Waals surface area contributed by atoms with Gasteiger partial charge in [-0.15, -0.1) is 0 Å². The van der Waals surface area contributed by atoms with Crippen LogP contribution in [0.2, 0.25) is 0 Å². The van der Waals surface area contributed by atoms with Gasteiger partial charge in [-0.2, -0.15) is 4.31 Å². The molecule has 7 nitrogen and oxygen atoms in total. The Kier molecular flexibility index (Phi) is 5.53. The number of nitrogens with one attached hydrogen (secondary N) is 1.